The summed E-state index contributed by atoms with van der Waals surface area (Å²) in [4.78, 5) is 0. The molecule has 0 N–H and O–H groups in total. The number of unbranched alkanes of at least 4 members (excludes halogenated alkanes) is 4. The number of rotatable bonds is 18. The van der Waals surface area contributed by atoms with E-state index in [2.05, 4.69) is 74.7 Å². The van der Waals surface area contributed by atoms with E-state index < -0.39 is 0 Å². The van der Waals surface area contributed by atoms with E-state index >= 15 is 0 Å². The monoisotopic (exact) mass is 500 g/mol. The summed E-state index contributed by atoms with van der Waals surface area (Å²) < 4.78 is 22.1. The van der Waals surface area contributed by atoms with Gasteiger partial charge < -0.3 is 18.9 Å². The van der Waals surface area contributed by atoms with Gasteiger partial charge in [-0.3, -0.25) is 0 Å². The van der Waals surface area contributed by atoms with E-state index in [4.69, 9.17) is 18.9 Å². The number of aryl methyl sites for hydroxylation is 1. The summed E-state index contributed by atoms with van der Waals surface area (Å²) in [6.45, 7) is 12.2. The van der Waals surface area contributed by atoms with Crippen LogP contribution in [-0.4, -0.2) is 26.4 Å². The van der Waals surface area contributed by atoms with Gasteiger partial charge in [-0.05, 0) is 97.5 Å². The van der Waals surface area contributed by atoms with E-state index in [1.54, 1.807) is 0 Å². The maximum atomic E-state index is 5.89. The third-order valence-electron chi connectivity index (χ3n) is 6.17. The minimum Gasteiger partial charge on any atom is -0.502 e. The molecule has 0 aliphatic rings. The Morgan fingerprint density at radius 1 is 0.541 bits per heavy atom. The van der Waals surface area contributed by atoms with Crippen LogP contribution in [0.5, 0.6) is 11.5 Å². The predicted molar refractivity (Wildman–Crippen MR) is 153 cm³/mol. The molecular formula is C33H40O4. The van der Waals surface area contributed by atoms with Gasteiger partial charge in [-0.1, -0.05) is 55.6 Å². The Hall–Kier alpha value is -3.66. The van der Waals surface area contributed by atoms with Crippen LogP contribution in [-0.2, 0) is 9.47 Å². The third kappa shape index (κ3) is 9.72. The normalized spacial score (nSPS) is 10.5. The van der Waals surface area contributed by atoms with E-state index in [0.29, 0.717) is 0 Å². The van der Waals surface area contributed by atoms with Crippen LogP contribution in [0.25, 0.3) is 22.3 Å². The zero-order chi connectivity index (χ0) is 26.1. The molecule has 37 heavy (non-hydrogen) atoms. The molecule has 0 radical (unpaired) electrons. The van der Waals surface area contributed by atoms with E-state index in [0.717, 1.165) is 76.5 Å². The zero-order valence-corrected chi connectivity index (χ0v) is 22.1. The van der Waals surface area contributed by atoms with Crippen LogP contribution in [0.15, 0.2) is 92.4 Å². The Labute approximate surface area is 222 Å². The van der Waals surface area contributed by atoms with Crippen molar-refractivity contribution in [2.45, 2.75) is 45.4 Å². The number of hydrogen-bond donors (Lipinski definition) is 0. The molecule has 4 nitrogen and oxygen atoms in total. The van der Waals surface area contributed by atoms with Crippen molar-refractivity contribution < 1.29 is 18.9 Å². The van der Waals surface area contributed by atoms with Crippen LogP contribution in [0.1, 0.15) is 44.1 Å². The summed E-state index contributed by atoms with van der Waals surface area (Å²) in [7, 11) is 0. The lowest BCUT2D eigenvalue weighted by atomic mass is 9.96. The van der Waals surface area contributed by atoms with Gasteiger partial charge in [0.15, 0.2) is 0 Å². The summed E-state index contributed by atoms with van der Waals surface area (Å²) in [5.41, 5.74) is 6.05. The standard InChI is InChI=1S/C33H40O4/c1-4-34-22-8-6-10-24-36-31-17-12-28(13-18-31)30-16-21-33(27(3)26-30)29-14-19-32(20-15-29)37-25-11-7-9-23-35-5-2/h4-5,12-21,26H,1-2,6-11,22-25H2,3H3. The largest absolute Gasteiger partial charge is 0.502 e. The molecule has 0 amide bonds. The Bertz CT molecular complexity index is 1070. The maximum absolute atomic E-state index is 5.89. The molecule has 0 aliphatic heterocycles. The third-order valence-corrected chi connectivity index (χ3v) is 6.17. The number of benzene rings is 3. The van der Waals surface area contributed by atoms with Gasteiger partial charge >= 0.3 is 0 Å². The Morgan fingerprint density at radius 2 is 1.00 bits per heavy atom. The average molecular weight is 501 g/mol. The lowest BCUT2D eigenvalue weighted by Crippen LogP contribution is -1.98. The van der Waals surface area contributed by atoms with Crippen molar-refractivity contribution in [1.29, 1.82) is 0 Å². The first-order chi connectivity index (χ1) is 18.2. The lowest BCUT2D eigenvalue weighted by Gasteiger charge is -2.12. The van der Waals surface area contributed by atoms with Crippen LogP contribution in [0, 0.1) is 6.92 Å². The fraction of sp³-hybridized carbons (Fsp3) is 0.333. The second kappa shape index (κ2) is 16.2. The minimum atomic E-state index is 0.719. The smallest absolute Gasteiger partial charge is 0.119 e. The van der Waals surface area contributed by atoms with Gasteiger partial charge in [0, 0.05) is 0 Å². The minimum absolute atomic E-state index is 0.719. The van der Waals surface area contributed by atoms with E-state index in [9.17, 15) is 0 Å². The van der Waals surface area contributed by atoms with Crippen molar-refractivity contribution in [3.8, 4) is 33.8 Å². The van der Waals surface area contributed by atoms with Gasteiger partial charge in [0.1, 0.15) is 11.5 Å². The molecule has 0 saturated heterocycles. The molecule has 0 atom stereocenters. The Morgan fingerprint density at radius 3 is 1.49 bits per heavy atom. The van der Waals surface area contributed by atoms with E-state index in [1.807, 2.05) is 12.1 Å². The second-order valence-corrected chi connectivity index (χ2v) is 8.97. The van der Waals surface area contributed by atoms with Crippen molar-refractivity contribution in [2.75, 3.05) is 26.4 Å². The molecule has 3 aromatic rings. The van der Waals surface area contributed by atoms with Crippen LogP contribution in [0.2, 0.25) is 0 Å². The van der Waals surface area contributed by atoms with Crippen molar-refractivity contribution in [2.24, 2.45) is 0 Å². The topological polar surface area (TPSA) is 36.9 Å². The Kier molecular flexibility index (Phi) is 12.2. The molecule has 0 aromatic heterocycles. The van der Waals surface area contributed by atoms with Crippen LogP contribution < -0.4 is 9.47 Å². The van der Waals surface area contributed by atoms with Gasteiger partial charge in [0.2, 0.25) is 0 Å². The molecular weight excluding hydrogens is 460 g/mol. The van der Waals surface area contributed by atoms with E-state index in [1.165, 1.54) is 40.3 Å². The van der Waals surface area contributed by atoms with E-state index in [-0.39, 0.29) is 0 Å². The van der Waals surface area contributed by atoms with Gasteiger partial charge in [0.25, 0.3) is 0 Å². The SMILES string of the molecule is C=COCCCCCOc1ccc(-c2ccc(-c3ccc(OCCCCCOC=C)cc3)c(C)c2)cc1. The maximum Gasteiger partial charge on any atom is 0.119 e. The molecule has 0 aliphatic carbocycles. The molecule has 3 rings (SSSR count). The molecule has 0 fully saturated rings. The molecule has 0 bridgehead atoms. The summed E-state index contributed by atoms with van der Waals surface area (Å²) >= 11 is 0. The highest BCUT2D eigenvalue weighted by Gasteiger charge is 2.06. The van der Waals surface area contributed by atoms with Gasteiger partial charge in [0.05, 0.1) is 39.0 Å². The van der Waals surface area contributed by atoms with Crippen molar-refractivity contribution in [3.05, 3.63) is 98.0 Å². The molecule has 0 spiro atoms. The van der Waals surface area contributed by atoms with Crippen molar-refractivity contribution >= 4 is 0 Å². The van der Waals surface area contributed by atoms with Crippen molar-refractivity contribution in [3.63, 3.8) is 0 Å². The van der Waals surface area contributed by atoms with Crippen LogP contribution in [0.3, 0.4) is 0 Å². The highest BCUT2D eigenvalue weighted by atomic mass is 16.5. The molecule has 4 heteroatoms. The molecule has 0 saturated carbocycles. The summed E-state index contributed by atoms with van der Waals surface area (Å²) in [6.07, 6.45) is 9.23. The quantitative estimate of drug-likeness (QED) is 0.129. The summed E-state index contributed by atoms with van der Waals surface area (Å²) in [6, 6.07) is 23.4. The molecule has 0 heterocycles. The zero-order valence-electron chi connectivity index (χ0n) is 22.1. The predicted octanol–water partition coefficient (Wildman–Crippen LogP) is 8.75. The number of ether oxygens (including phenoxy) is 4. The van der Waals surface area contributed by atoms with Crippen LogP contribution in [0.4, 0.5) is 0 Å². The first-order valence-electron chi connectivity index (χ1n) is 13.2. The first-order valence-corrected chi connectivity index (χ1v) is 13.2. The van der Waals surface area contributed by atoms with Crippen molar-refractivity contribution in [1.82, 2.24) is 0 Å². The van der Waals surface area contributed by atoms with Gasteiger partial charge in [-0.15, -0.1) is 0 Å². The summed E-state index contributed by atoms with van der Waals surface area (Å²) in [5.74, 6) is 1.81. The Balaban J connectivity index is 1.47. The fourth-order valence-corrected chi connectivity index (χ4v) is 4.12. The second-order valence-electron chi connectivity index (χ2n) is 8.97. The highest BCUT2D eigenvalue weighted by molar-refractivity contribution is 5.74. The summed E-state index contributed by atoms with van der Waals surface area (Å²) in [5, 5.41) is 0. The molecule has 196 valence electrons. The lowest BCUT2D eigenvalue weighted by molar-refractivity contribution is 0.235. The van der Waals surface area contributed by atoms with Gasteiger partial charge in [-0.2, -0.15) is 0 Å². The fourth-order valence-electron chi connectivity index (χ4n) is 4.12. The molecule has 3 aromatic carbocycles. The van der Waals surface area contributed by atoms with Gasteiger partial charge in [-0.25, -0.2) is 0 Å². The number of hydrogen-bond acceptors (Lipinski definition) is 4. The van der Waals surface area contributed by atoms with Crippen LogP contribution >= 0.6 is 0 Å². The highest BCUT2D eigenvalue weighted by Crippen LogP contribution is 2.30. The average Bonchev–Trinajstić information content (AvgIpc) is 2.93. The molecule has 0 unspecified atom stereocenters. The first kappa shape index (κ1) is 27.9.